The van der Waals surface area contributed by atoms with Gasteiger partial charge < -0.3 is 10.1 Å². The minimum atomic E-state index is 0.134. The molecule has 0 spiro atoms. The molecule has 1 saturated heterocycles. The van der Waals surface area contributed by atoms with E-state index in [1.807, 2.05) is 6.92 Å². The molecule has 3 nitrogen and oxygen atoms in total. The maximum atomic E-state index is 5.53. The molecule has 0 bridgehead atoms. The second-order valence-electron chi connectivity index (χ2n) is 3.86. The van der Waals surface area contributed by atoms with Crippen molar-refractivity contribution in [3.63, 3.8) is 0 Å². The first-order chi connectivity index (χ1) is 7.31. The van der Waals surface area contributed by atoms with E-state index < -0.39 is 0 Å². The third-order valence-corrected chi connectivity index (χ3v) is 3.75. The summed E-state index contributed by atoms with van der Waals surface area (Å²) in [4.78, 5) is 4.64. The molecule has 2 atom stereocenters. The van der Waals surface area contributed by atoms with Crippen molar-refractivity contribution in [2.45, 2.75) is 38.8 Å². The normalized spacial score (nSPS) is 23.2. The third kappa shape index (κ3) is 2.56. The zero-order valence-corrected chi connectivity index (χ0v) is 10.1. The van der Waals surface area contributed by atoms with Crippen molar-refractivity contribution in [3.05, 3.63) is 16.1 Å². The van der Waals surface area contributed by atoms with Crippen LogP contribution in [0.15, 0.2) is 5.38 Å². The van der Waals surface area contributed by atoms with Crippen LogP contribution in [0.2, 0.25) is 0 Å². The summed E-state index contributed by atoms with van der Waals surface area (Å²) in [7, 11) is 0. The molecule has 1 fully saturated rings. The first-order valence-corrected chi connectivity index (χ1v) is 6.49. The van der Waals surface area contributed by atoms with Crippen LogP contribution in [0.25, 0.3) is 0 Å². The van der Waals surface area contributed by atoms with Crippen LogP contribution in [-0.4, -0.2) is 18.1 Å². The zero-order valence-electron chi connectivity index (χ0n) is 9.32. The summed E-state index contributed by atoms with van der Waals surface area (Å²) in [6.45, 7) is 5.95. The molecule has 0 radical (unpaired) electrons. The van der Waals surface area contributed by atoms with E-state index in [1.54, 1.807) is 11.3 Å². The molecule has 1 aliphatic heterocycles. The molecular formula is C11H18N2OS. The van der Waals surface area contributed by atoms with Crippen LogP contribution >= 0.6 is 11.3 Å². The average molecular weight is 226 g/mol. The first-order valence-electron chi connectivity index (χ1n) is 5.61. The molecule has 4 heteroatoms. The Balaban J connectivity index is 2.02. The molecule has 15 heavy (non-hydrogen) atoms. The maximum Gasteiger partial charge on any atom is 0.122 e. The highest BCUT2D eigenvalue weighted by atomic mass is 32.1. The average Bonchev–Trinajstić information content (AvgIpc) is 2.89. The van der Waals surface area contributed by atoms with Crippen LogP contribution in [0, 0.1) is 0 Å². The van der Waals surface area contributed by atoms with Crippen LogP contribution in [0.5, 0.6) is 0 Å². The molecular weight excluding hydrogens is 208 g/mol. The Morgan fingerprint density at radius 3 is 3.27 bits per heavy atom. The van der Waals surface area contributed by atoms with Crippen LogP contribution in [0.4, 0.5) is 0 Å². The Morgan fingerprint density at radius 2 is 2.60 bits per heavy atom. The molecule has 1 N–H and O–H groups in total. The van der Waals surface area contributed by atoms with E-state index in [9.17, 15) is 0 Å². The van der Waals surface area contributed by atoms with Gasteiger partial charge in [0.25, 0.3) is 0 Å². The van der Waals surface area contributed by atoms with E-state index in [0.29, 0.717) is 6.04 Å². The van der Waals surface area contributed by atoms with Gasteiger partial charge in [-0.25, -0.2) is 4.98 Å². The summed E-state index contributed by atoms with van der Waals surface area (Å²) in [6, 6.07) is 0.476. The number of nitrogens with zero attached hydrogens (tertiary/aromatic N) is 1. The van der Waals surface area contributed by atoms with Gasteiger partial charge in [-0.2, -0.15) is 0 Å². The van der Waals surface area contributed by atoms with Gasteiger partial charge >= 0.3 is 0 Å². The number of hydrogen-bond acceptors (Lipinski definition) is 4. The van der Waals surface area contributed by atoms with Crippen LogP contribution in [0.3, 0.4) is 0 Å². The lowest BCUT2D eigenvalue weighted by Gasteiger charge is -2.08. The minimum absolute atomic E-state index is 0.134. The summed E-state index contributed by atoms with van der Waals surface area (Å²) in [5.74, 6) is 0. The predicted molar refractivity (Wildman–Crippen MR) is 62.1 cm³/mol. The summed E-state index contributed by atoms with van der Waals surface area (Å²) < 4.78 is 5.53. The lowest BCUT2D eigenvalue weighted by Crippen LogP contribution is -2.13. The molecule has 1 aromatic rings. The van der Waals surface area contributed by atoms with Crippen LogP contribution in [-0.2, 0) is 4.74 Å². The number of hydrogen-bond donors (Lipinski definition) is 1. The minimum Gasteiger partial charge on any atom is -0.372 e. The fourth-order valence-corrected chi connectivity index (χ4v) is 2.78. The molecule has 0 aliphatic carbocycles. The highest BCUT2D eigenvalue weighted by molar-refractivity contribution is 7.09. The van der Waals surface area contributed by atoms with Crippen molar-refractivity contribution in [3.8, 4) is 0 Å². The Bertz CT molecular complexity index is 307. The van der Waals surface area contributed by atoms with Crippen molar-refractivity contribution < 1.29 is 4.74 Å². The molecule has 0 saturated carbocycles. The lowest BCUT2D eigenvalue weighted by atomic mass is 10.2. The number of thiazole rings is 1. The van der Waals surface area contributed by atoms with Gasteiger partial charge in [0, 0.05) is 12.0 Å². The highest BCUT2D eigenvalue weighted by Gasteiger charge is 2.20. The van der Waals surface area contributed by atoms with Gasteiger partial charge in [-0.15, -0.1) is 11.3 Å². The topological polar surface area (TPSA) is 34.1 Å². The quantitative estimate of drug-likeness (QED) is 0.857. The molecule has 1 aromatic heterocycles. The van der Waals surface area contributed by atoms with Gasteiger partial charge in [-0.3, -0.25) is 0 Å². The first kappa shape index (κ1) is 11.0. The maximum absolute atomic E-state index is 5.53. The van der Waals surface area contributed by atoms with Gasteiger partial charge in [0.15, 0.2) is 0 Å². The fourth-order valence-electron chi connectivity index (χ4n) is 1.91. The number of nitrogens with one attached hydrogen (secondary N) is 1. The number of rotatable bonds is 4. The number of ether oxygens (including phenoxy) is 1. The molecule has 84 valence electrons. The molecule has 0 amide bonds. The Morgan fingerprint density at radius 1 is 1.73 bits per heavy atom. The fraction of sp³-hybridized carbons (Fsp3) is 0.727. The van der Waals surface area contributed by atoms with E-state index in [4.69, 9.17) is 4.74 Å². The Kier molecular flexibility index (Phi) is 3.72. The SMILES string of the molecule is CCOC(C)c1nc([C@H]2CCCN2)cs1. The monoisotopic (exact) mass is 226 g/mol. The third-order valence-electron chi connectivity index (χ3n) is 2.72. The molecule has 2 heterocycles. The molecule has 2 rings (SSSR count). The lowest BCUT2D eigenvalue weighted by molar-refractivity contribution is 0.0760. The zero-order chi connectivity index (χ0) is 10.7. The van der Waals surface area contributed by atoms with Gasteiger partial charge in [0.2, 0.25) is 0 Å². The molecule has 1 unspecified atom stereocenters. The van der Waals surface area contributed by atoms with E-state index in [2.05, 4.69) is 22.6 Å². The summed E-state index contributed by atoms with van der Waals surface area (Å²) >= 11 is 1.71. The van der Waals surface area contributed by atoms with Crippen molar-refractivity contribution >= 4 is 11.3 Å². The van der Waals surface area contributed by atoms with E-state index in [-0.39, 0.29) is 6.10 Å². The van der Waals surface area contributed by atoms with E-state index >= 15 is 0 Å². The van der Waals surface area contributed by atoms with Gasteiger partial charge in [0.1, 0.15) is 11.1 Å². The van der Waals surface area contributed by atoms with Crippen molar-refractivity contribution in [1.29, 1.82) is 0 Å². The van der Waals surface area contributed by atoms with Crippen LogP contribution in [0.1, 0.15) is 49.5 Å². The van der Waals surface area contributed by atoms with E-state index in [0.717, 1.165) is 18.2 Å². The number of aromatic nitrogens is 1. The molecule has 1 aliphatic rings. The second kappa shape index (κ2) is 5.05. The van der Waals surface area contributed by atoms with Gasteiger partial charge in [-0.1, -0.05) is 0 Å². The van der Waals surface area contributed by atoms with Crippen molar-refractivity contribution in [2.24, 2.45) is 0 Å². The van der Waals surface area contributed by atoms with Gasteiger partial charge in [0.05, 0.1) is 11.7 Å². The highest BCUT2D eigenvalue weighted by Crippen LogP contribution is 2.27. The summed E-state index contributed by atoms with van der Waals surface area (Å²) in [5, 5.41) is 6.72. The Labute approximate surface area is 94.9 Å². The summed E-state index contributed by atoms with van der Waals surface area (Å²) in [6.07, 6.45) is 2.61. The molecule has 0 aromatic carbocycles. The van der Waals surface area contributed by atoms with Crippen LogP contribution < -0.4 is 5.32 Å². The van der Waals surface area contributed by atoms with Crippen molar-refractivity contribution in [2.75, 3.05) is 13.2 Å². The standard InChI is InChI=1S/C11H18N2OS/c1-3-14-8(2)11-13-10(7-15-11)9-5-4-6-12-9/h7-9,12H,3-6H2,1-2H3/t8?,9-/m1/s1. The van der Waals surface area contributed by atoms with Gasteiger partial charge in [-0.05, 0) is 33.2 Å². The largest absolute Gasteiger partial charge is 0.372 e. The summed E-state index contributed by atoms with van der Waals surface area (Å²) in [5.41, 5.74) is 1.19. The smallest absolute Gasteiger partial charge is 0.122 e. The predicted octanol–water partition coefficient (Wildman–Crippen LogP) is 2.67. The Hall–Kier alpha value is -0.450. The van der Waals surface area contributed by atoms with Crippen molar-refractivity contribution in [1.82, 2.24) is 10.3 Å². The van der Waals surface area contributed by atoms with E-state index in [1.165, 1.54) is 18.5 Å². The second-order valence-corrected chi connectivity index (χ2v) is 4.75.